The maximum atomic E-state index is 5.88. The van der Waals surface area contributed by atoms with Crippen molar-refractivity contribution in [3.05, 3.63) is 103 Å². The highest BCUT2D eigenvalue weighted by Crippen LogP contribution is 2.26. The van der Waals surface area contributed by atoms with Gasteiger partial charge >= 0.3 is 0 Å². The fourth-order valence-electron chi connectivity index (χ4n) is 2.75. The number of rotatable bonds is 4. The zero-order chi connectivity index (χ0) is 16.9. The maximum Gasteiger partial charge on any atom is 0.128 e. The Morgan fingerprint density at radius 1 is 0.640 bits per heavy atom. The number of para-hydroxylation sites is 1. The van der Waals surface area contributed by atoms with Crippen LogP contribution in [0.4, 0.5) is 5.69 Å². The number of hydrogen-bond donors (Lipinski definition) is 0. The molecule has 0 heterocycles. The van der Waals surface area contributed by atoms with Crippen molar-refractivity contribution < 1.29 is 4.74 Å². The predicted octanol–water partition coefficient (Wildman–Crippen LogP) is 6.38. The first-order valence-electron chi connectivity index (χ1n) is 8.23. The van der Waals surface area contributed by atoms with E-state index in [-0.39, 0.29) is 0 Å². The van der Waals surface area contributed by atoms with E-state index in [1.807, 2.05) is 85.1 Å². The monoisotopic (exact) mass is 323 g/mol. The van der Waals surface area contributed by atoms with E-state index in [2.05, 4.69) is 23.2 Å². The molecule has 0 saturated heterocycles. The van der Waals surface area contributed by atoms with Crippen LogP contribution in [0.2, 0.25) is 0 Å². The SMILES string of the molecule is C(=Nc1cccc2ccccc12)c1cccc(Oc2ccccc2)c1. The van der Waals surface area contributed by atoms with Gasteiger partial charge in [0.2, 0.25) is 0 Å². The molecule has 0 amide bonds. The number of hydrogen-bond acceptors (Lipinski definition) is 2. The molecule has 0 bridgehead atoms. The Morgan fingerprint density at radius 3 is 2.28 bits per heavy atom. The lowest BCUT2D eigenvalue weighted by Gasteiger charge is -2.06. The standard InChI is InChI=1S/C23H17NO/c1-2-11-20(12-3-1)25-21-13-6-8-18(16-21)17-24-23-15-7-10-19-9-4-5-14-22(19)23/h1-17H. The molecule has 0 spiro atoms. The summed E-state index contributed by atoms with van der Waals surface area (Å²) < 4.78 is 5.88. The molecule has 0 fully saturated rings. The topological polar surface area (TPSA) is 21.6 Å². The van der Waals surface area contributed by atoms with Gasteiger partial charge in [0.25, 0.3) is 0 Å². The zero-order valence-corrected chi connectivity index (χ0v) is 13.7. The lowest BCUT2D eigenvalue weighted by molar-refractivity contribution is 0.482. The summed E-state index contributed by atoms with van der Waals surface area (Å²) in [6.07, 6.45) is 1.87. The molecule has 0 aliphatic rings. The third-order valence-electron chi connectivity index (χ3n) is 3.96. The predicted molar refractivity (Wildman–Crippen MR) is 104 cm³/mol. The van der Waals surface area contributed by atoms with E-state index < -0.39 is 0 Å². The minimum atomic E-state index is 0.799. The number of aliphatic imine (C=N–C) groups is 1. The van der Waals surface area contributed by atoms with Crippen LogP contribution in [0.1, 0.15) is 5.56 Å². The van der Waals surface area contributed by atoms with E-state index in [0.29, 0.717) is 0 Å². The fraction of sp³-hybridized carbons (Fsp3) is 0. The average Bonchev–Trinajstić information content (AvgIpc) is 2.67. The van der Waals surface area contributed by atoms with E-state index in [0.717, 1.165) is 28.1 Å². The van der Waals surface area contributed by atoms with E-state index in [1.165, 1.54) is 5.39 Å². The average molecular weight is 323 g/mol. The number of ether oxygens (including phenoxy) is 1. The summed E-state index contributed by atoms with van der Waals surface area (Å²) in [6.45, 7) is 0. The number of benzene rings is 4. The van der Waals surface area contributed by atoms with Crippen molar-refractivity contribution in [2.24, 2.45) is 4.99 Å². The van der Waals surface area contributed by atoms with Gasteiger partial charge in [-0.05, 0) is 41.3 Å². The first kappa shape index (κ1) is 15.2. The van der Waals surface area contributed by atoms with Gasteiger partial charge in [0.05, 0.1) is 5.69 Å². The van der Waals surface area contributed by atoms with Gasteiger partial charge in [0.1, 0.15) is 11.5 Å². The van der Waals surface area contributed by atoms with Crippen molar-refractivity contribution in [1.82, 2.24) is 0 Å². The van der Waals surface area contributed by atoms with Crippen molar-refractivity contribution in [2.45, 2.75) is 0 Å². The summed E-state index contributed by atoms with van der Waals surface area (Å²) in [5.74, 6) is 1.62. The van der Waals surface area contributed by atoms with E-state index in [1.54, 1.807) is 0 Å². The van der Waals surface area contributed by atoms with Crippen molar-refractivity contribution in [3.8, 4) is 11.5 Å². The second-order valence-electron chi connectivity index (χ2n) is 5.74. The second-order valence-corrected chi connectivity index (χ2v) is 5.74. The summed E-state index contributed by atoms with van der Waals surface area (Å²) in [4.78, 5) is 4.67. The van der Waals surface area contributed by atoms with Crippen LogP contribution in [0.15, 0.2) is 102 Å². The highest BCUT2D eigenvalue weighted by atomic mass is 16.5. The minimum absolute atomic E-state index is 0.799. The third-order valence-corrected chi connectivity index (χ3v) is 3.96. The molecular weight excluding hydrogens is 306 g/mol. The summed E-state index contributed by atoms with van der Waals surface area (Å²) in [7, 11) is 0. The summed E-state index contributed by atoms with van der Waals surface area (Å²) in [5, 5.41) is 2.34. The molecule has 0 aliphatic heterocycles. The van der Waals surface area contributed by atoms with Crippen LogP contribution >= 0.6 is 0 Å². The van der Waals surface area contributed by atoms with Gasteiger partial charge in [-0.3, -0.25) is 4.99 Å². The Kier molecular flexibility index (Phi) is 4.25. The van der Waals surface area contributed by atoms with Crippen molar-refractivity contribution in [1.29, 1.82) is 0 Å². The number of nitrogens with zero attached hydrogens (tertiary/aromatic N) is 1. The molecule has 0 aliphatic carbocycles. The smallest absolute Gasteiger partial charge is 0.128 e. The lowest BCUT2D eigenvalue weighted by atomic mass is 10.1. The van der Waals surface area contributed by atoms with Gasteiger partial charge in [-0.2, -0.15) is 0 Å². The van der Waals surface area contributed by atoms with E-state index >= 15 is 0 Å². The van der Waals surface area contributed by atoms with Gasteiger partial charge in [-0.1, -0.05) is 66.7 Å². The van der Waals surface area contributed by atoms with Crippen LogP contribution in [0.3, 0.4) is 0 Å². The molecule has 0 atom stereocenters. The molecule has 4 aromatic rings. The zero-order valence-electron chi connectivity index (χ0n) is 13.7. The highest BCUT2D eigenvalue weighted by Gasteiger charge is 1.99. The molecule has 0 saturated carbocycles. The van der Waals surface area contributed by atoms with Gasteiger partial charge in [0, 0.05) is 11.6 Å². The van der Waals surface area contributed by atoms with Crippen molar-refractivity contribution in [3.63, 3.8) is 0 Å². The van der Waals surface area contributed by atoms with Gasteiger partial charge in [-0.15, -0.1) is 0 Å². The molecule has 25 heavy (non-hydrogen) atoms. The highest BCUT2D eigenvalue weighted by molar-refractivity contribution is 5.95. The molecule has 4 aromatic carbocycles. The normalized spacial score (nSPS) is 11.0. The summed E-state index contributed by atoms with van der Waals surface area (Å²) in [5.41, 5.74) is 1.97. The van der Waals surface area contributed by atoms with Crippen molar-refractivity contribution >= 4 is 22.7 Å². The molecule has 2 nitrogen and oxygen atoms in total. The van der Waals surface area contributed by atoms with Crippen LogP contribution in [0.25, 0.3) is 10.8 Å². The Hall–Kier alpha value is -3.39. The van der Waals surface area contributed by atoms with Crippen LogP contribution in [0, 0.1) is 0 Å². The molecule has 0 N–H and O–H groups in total. The van der Waals surface area contributed by atoms with Crippen LogP contribution in [-0.2, 0) is 0 Å². The molecule has 0 unspecified atom stereocenters. The first-order chi connectivity index (χ1) is 12.4. The molecule has 4 rings (SSSR count). The molecule has 120 valence electrons. The van der Waals surface area contributed by atoms with Crippen molar-refractivity contribution in [2.75, 3.05) is 0 Å². The second kappa shape index (κ2) is 7.02. The Bertz CT molecular complexity index is 1020. The molecule has 0 aromatic heterocycles. The van der Waals surface area contributed by atoms with Crippen LogP contribution in [0.5, 0.6) is 11.5 Å². The fourth-order valence-corrected chi connectivity index (χ4v) is 2.75. The molecule has 0 radical (unpaired) electrons. The Balaban J connectivity index is 1.60. The maximum absolute atomic E-state index is 5.88. The van der Waals surface area contributed by atoms with Gasteiger partial charge < -0.3 is 4.74 Å². The Morgan fingerprint density at radius 2 is 1.36 bits per heavy atom. The molecular formula is C23H17NO. The minimum Gasteiger partial charge on any atom is -0.457 e. The largest absolute Gasteiger partial charge is 0.457 e. The first-order valence-corrected chi connectivity index (χ1v) is 8.23. The number of fused-ring (bicyclic) bond motifs is 1. The Labute approximate surface area is 147 Å². The molecule has 2 heteroatoms. The van der Waals surface area contributed by atoms with E-state index in [4.69, 9.17) is 4.74 Å². The lowest BCUT2D eigenvalue weighted by Crippen LogP contribution is -1.86. The summed E-state index contributed by atoms with van der Waals surface area (Å²) in [6, 6.07) is 32.1. The summed E-state index contributed by atoms with van der Waals surface area (Å²) >= 11 is 0. The van der Waals surface area contributed by atoms with Gasteiger partial charge in [0.15, 0.2) is 0 Å². The third kappa shape index (κ3) is 3.59. The quantitative estimate of drug-likeness (QED) is 0.399. The van der Waals surface area contributed by atoms with Crippen LogP contribution < -0.4 is 4.74 Å². The van der Waals surface area contributed by atoms with E-state index in [9.17, 15) is 0 Å². The van der Waals surface area contributed by atoms with Gasteiger partial charge in [-0.25, -0.2) is 0 Å². The van der Waals surface area contributed by atoms with Crippen LogP contribution in [-0.4, -0.2) is 6.21 Å².